The first-order chi connectivity index (χ1) is 45.7. The summed E-state index contributed by atoms with van der Waals surface area (Å²) in [6.07, 6.45) is 7.26. The van der Waals surface area contributed by atoms with Crippen LogP contribution in [0.2, 0.25) is 0 Å². The van der Waals surface area contributed by atoms with Crippen molar-refractivity contribution in [3.05, 3.63) is 292 Å². The molecule has 0 aliphatic heterocycles. The maximum atomic E-state index is 5.42. The third-order valence-corrected chi connectivity index (χ3v) is 19.6. The van der Waals surface area contributed by atoms with Crippen LogP contribution in [0.15, 0.2) is 292 Å². The topological polar surface area (TPSA) is 81.1 Å². The summed E-state index contributed by atoms with van der Waals surface area (Å²) in [7, 11) is 0. The molecule has 8 heterocycles. The molecule has 10 nitrogen and oxygen atoms in total. The van der Waals surface area contributed by atoms with E-state index < -0.39 is 0 Å². The lowest BCUT2D eigenvalue weighted by Gasteiger charge is -2.18. The molecule has 21 rings (SSSR count). The second kappa shape index (κ2) is 18.5. The summed E-state index contributed by atoms with van der Waals surface area (Å²) in [6.45, 7) is 0. The Balaban J connectivity index is 0.857. The highest BCUT2D eigenvalue weighted by Gasteiger charge is 2.28. The van der Waals surface area contributed by atoms with Gasteiger partial charge in [0.2, 0.25) is 0 Å². The van der Waals surface area contributed by atoms with E-state index >= 15 is 0 Å². The van der Waals surface area contributed by atoms with Gasteiger partial charge in [0.15, 0.2) is 0 Å². The predicted octanol–water partition coefficient (Wildman–Crippen LogP) is 20.2. The number of rotatable bonds is 6. The van der Waals surface area contributed by atoms with Crippen molar-refractivity contribution in [3.8, 4) is 34.1 Å². The van der Waals surface area contributed by atoms with E-state index in [1.54, 1.807) is 0 Å². The molecule has 0 amide bonds. The van der Waals surface area contributed by atoms with Crippen molar-refractivity contribution in [1.29, 1.82) is 0 Å². The quantitative estimate of drug-likeness (QED) is 0.155. The zero-order valence-electron chi connectivity index (χ0n) is 49.2. The highest BCUT2D eigenvalue weighted by molar-refractivity contribution is 6.20. The molecule has 0 bridgehead atoms. The number of aromatic nitrogens is 10. The summed E-state index contributed by atoms with van der Waals surface area (Å²) in [6, 6.07) is 97.5. The molecular formula is C82H48N10. The minimum absolute atomic E-state index is 0.700. The first-order valence-electron chi connectivity index (χ1n) is 31.2. The van der Waals surface area contributed by atoms with Gasteiger partial charge in [-0.15, -0.1) is 0 Å². The zero-order valence-corrected chi connectivity index (χ0v) is 49.2. The lowest BCUT2D eigenvalue weighted by atomic mass is 10.1. The minimum Gasteiger partial charge on any atom is -0.309 e. The van der Waals surface area contributed by atoms with Crippen LogP contribution in [0, 0.1) is 0 Å². The van der Waals surface area contributed by atoms with Crippen molar-refractivity contribution in [2.45, 2.75) is 0 Å². The maximum Gasteiger partial charge on any atom is 0.117 e. The van der Waals surface area contributed by atoms with Gasteiger partial charge in [0.05, 0.1) is 66.2 Å². The van der Waals surface area contributed by atoms with Crippen LogP contribution in [-0.2, 0) is 0 Å². The zero-order chi connectivity index (χ0) is 59.9. The van der Waals surface area contributed by atoms with E-state index in [1.807, 2.05) is 24.8 Å². The fraction of sp³-hybridized carbons (Fsp3) is 0. The molecule has 0 saturated heterocycles. The molecule has 0 aliphatic rings. The number of benzene rings is 13. The van der Waals surface area contributed by atoms with Gasteiger partial charge in [-0.2, -0.15) is 0 Å². The first kappa shape index (κ1) is 49.3. The van der Waals surface area contributed by atoms with E-state index in [0.29, 0.717) is 22.1 Å². The molecular weight excluding hydrogens is 1120 g/mol. The van der Waals surface area contributed by atoms with Crippen molar-refractivity contribution in [2.75, 3.05) is 0 Å². The van der Waals surface area contributed by atoms with Gasteiger partial charge in [-0.05, 0) is 121 Å². The van der Waals surface area contributed by atoms with Crippen molar-refractivity contribution in [3.63, 3.8) is 0 Å². The molecule has 92 heavy (non-hydrogen) atoms. The van der Waals surface area contributed by atoms with Crippen molar-refractivity contribution >= 4 is 153 Å². The van der Waals surface area contributed by atoms with E-state index in [-0.39, 0.29) is 0 Å². The molecule has 426 valence electrons. The van der Waals surface area contributed by atoms with Gasteiger partial charge < -0.3 is 27.4 Å². The number of fused-ring (bicyclic) bond motifs is 20. The fourth-order valence-corrected chi connectivity index (χ4v) is 15.9. The van der Waals surface area contributed by atoms with Gasteiger partial charge in [0.1, 0.15) is 33.4 Å². The average molecular weight is 1170 g/mol. The summed E-state index contributed by atoms with van der Waals surface area (Å²) in [5.74, 6) is 0. The molecule has 0 atom stereocenters. The van der Waals surface area contributed by atoms with Crippen LogP contribution in [0.4, 0.5) is 0 Å². The van der Waals surface area contributed by atoms with E-state index in [9.17, 15) is 0 Å². The van der Waals surface area contributed by atoms with E-state index in [0.717, 1.165) is 122 Å². The van der Waals surface area contributed by atoms with Crippen molar-refractivity contribution in [2.24, 2.45) is 0 Å². The molecule has 0 spiro atoms. The second-order valence-electron chi connectivity index (χ2n) is 24.2. The highest BCUT2D eigenvalue weighted by atomic mass is 15.1. The summed E-state index contributed by atoms with van der Waals surface area (Å²) in [5.41, 5.74) is 21.9. The minimum atomic E-state index is 0.700. The van der Waals surface area contributed by atoms with Crippen molar-refractivity contribution < 1.29 is 0 Å². The van der Waals surface area contributed by atoms with Crippen LogP contribution >= 0.6 is 0 Å². The molecule has 10 heteroatoms. The Morgan fingerprint density at radius 2 is 0.337 bits per heavy atom. The largest absolute Gasteiger partial charge is 0.309 e. The summed E-state index contributed by atoms with van der Waals surface area (Å²) in [5, 5.41) is 14.0. The van der Waals surface area contributed by atoms with E-state index in [2.05, 4.69) is 294 Å². The van der Waals surface area contributed by atoms with Crippen LogP contribution in [-0.4, -0.2) is 47.3 Å². The monoisotopic (exact) mass is 1170 g/mol. The number of nitrogens with zero attached hydrogens (tertiary/aromatic N) is 10. The molecule has 8 aromatic heterocycles. The third-order valence-electron chi connectivity index (χ3n) is 19.6. The van der Waals surface area contributed by atoms with Crippen LogP contribution < -0.4 is 0 Å². The van der Waals surface area contributed by atoms with Crippen molar-refractivity contribution in [1.82, 2.24) is 47.3 Å². The lowest BCUT2D eigenvalue weighted by Crippen LogP contribution is -2.07. The van der Waals surface area contributed by atoms with Gasteiger partial charge in [0, 0.05) is 112 Å². The molecule has 0 saturated carbocycles. The van der Waals surface area contributed by atoms with Gasteiger partial charge in [-0.3, -0.25) is 19.9 Å². The molecule has 0 N–H and O–H groups in total. The normalized spacial score (nSPS) is 12.3. The van der Waals surface area contributed by atoms with Crippen LogP contribution in [0.1, 0.15) is 0 Å². The van der Waals surface area contributed by atoms with Crippen LogP contribution in [0.3, 0.4) is 0 Å². The molecule has 0 aliphatic carbocycles. The van der Waals surface area contributed by atoms with Gasteiger partial charge in [0.25, 0.3) is 0 Å². The Morgan fingerprint density at radius 1 is 0.163 bits per heavy atom. The first-order valence-corrected chi connectivity index (χ1v) is 31.2. The molecule has 13 aromatic carbocycles. The fourth-order valence-electron chi connectivity index (χ4n) is 15.9. The smallest absolute Gasteiger partial charge is 0.117 e. The Labute approximate surface area is 523 Å². The molecule has 0 fully saturated rings. The highest BCUT2D eigenvalue weighted by Crippen LogP contribution is 2.46. The molecule has 21 aromatic rings. The standard InChI is InChI=1S/C82H48N10/c1-9-25-65-53(17-1)54-18-2-10-26-66(54)87(65)49-33-37-73-61(45-49)62-46-50(88-67-27-11-3-19-55(67)56-20-4-12-28-68(56)88)34-38-74(62)91(73)81-77-79(85-43-41-83-77)82(80-78(81)84-42-44-86-80)92-75-39-35-51(89-69-29-13-5-21-57(69)58-22-6-14-30-70(58)89)47-63(75)64-48-52(36-40-76(64)92)90-71-31-15-7-23-59(71)60-24-8-16-32-72(60)90/h1-48H. The number of hydrogen-bond donors (Lipinski definition) is 0. The molecule has 0 radical (unpaired) electrons. The van der Waals surface area contributed by atoms with Gasteiger partial charge in [-0.1, -0.05) is 146 Å². The van der Waals surface area contributed by atoms with Crippen LogP contribution in [0.25, 0.3) is 187 Å². The summed E-state index contributed by atoms with van der Waals surface area (Å²) in [4.78, 5) is 21.7. The second-order valence-corrected chi connectivity index (χ2v) is 24.2. The number of para-hydroxylation sites is 8. The van der Waals surface area contributed by atoms with Gasteiger partial charge in [-0.25, -0.2) is 0 Å². The SMILES string of the molecule is c1ccc2c(c1)c1ccccc1n2-c1ccc2c(c1)c1cc(-n3c4ccccc4c4ccccc43)ccc1n2-c1c2nccnc2c(-n2c3ccc(-n4c5ccccc5c5ccccc54)cc3c3cc(-n4c5ccccc5c5ccccc54)ccc32)c2nccnc12. The maximum absolute atomic E-state index is 5.42. The predicted molar refractivity (Wildman–Crippen MR) is 379 cm³/mol. The van der Waals surface area contributed by atoms with E-state index in [4.69, 9.17) is 19.9 Å². The summed E-state index contributed by atoms with van der Waals surface area (Å²) >= 11 is 0. The third kappa shape index (κ3) is 6.60. The number of hydrogen-bond acceptors (Lipinski definition) is 4. The van der Waals surface area contributed by atoms with Gasteiger partial charge >= 0.3 is 0 Å². The Morgan fingerprint density at radius 3 is 0.533 bits per heavy atom. The average Bonchev–Trinajstić information content (AvgIpc) is 1.48. The van der Waals surface area contributed by atoms with Crippen LogP contribution in [0.5, 0.6) is 0 Å². The Kier molecular flexibility index (Phi) is 9.90. The van der Waals surface area contributed by atoms with E-state index in [1.165, 1.54) is 43.1 Å². The summed E-state index contributed by atoms with van der Waals surface area (Å²) < 4.78 is 14.4. The Bertz CT molecular complexity index is 5760. The Hall–Kier alpha value is -12.7. The molecule has 0 unspecified atom stereocenters. The lowest BCUT2D eigenvalue weighted by molar-refractivity contribution is 1.12.